The third-order valence-corrected chi connectivity index (χ3v) is 4.41. The van der Waals surface area contributed by atoms with E-state index in [-0.39, 0.29) is 0 Å². The summed E-state index contributed by atoms with van der Waals surface area (Å²) in [5, 5.41) is 3.60. The molecule has 1 N–H and O–H groups in total. The Bertz CT molecular complexity index is 355. The first-order valence-electron chi connectivity index (χ1n) is 6.64. The number of nitrogens with one attached hydrogen (secondary N) is 1. The van der Waals surface area contributed by atoms with Crippen LogP contribution in [-0.4, -0.2) is 19.3 Å². The summed E-state index contributed by atoms with van der Waals surface area (Å²) >= 11 is 1.89. The maximum Gasteiger partial charge on any atom is 0.0770 e. The number of thiophene rings is 1. The Hall–Kier alpha value is -0.380. The van der Waals surface area contributed by atoms with Gasteiger partial charge in [0.25, 0.3) is 0 Å². The minimum absolute atomic E-state index is 0.358. The summed E-state index contributed by atoms with van der Waals surface area (Å²) in [6.07, 6.45) is 4.06. The lowest BCUT2D eigenvalue weighted by Crippen LogP contribution is -2.36. The Morgan fingerprint density at radius 2 is 2.29 bits per heavy atom. The molecule has 1 aliphatic rings. The zero-order valence-electron chi connectivity index (χ0n) is 11.1. The first-order valence-corrected chi connectivity index (χ1v) is 7.46. The molecule has 2 nitrogen and oxygen atoms in total. The summed E-state index contributed by atoms with van der Waals surface area (Å²) in [4.78, 5) is 2.83. The van der Waals surface area contributed by atoms with Gasteiger partial charge in [-0.25, -0.2) is 0 Å². The highest BCUT2D eigenvalue weighted by Crippen LogP contribution is 2.32. The zero-order valence-corrected chi connectivity index (χ0v) is 11.9. The minimum Gasteiger partial charge on any atom is -0.376 e. The van der Waals surface area contributed by atoms with Crippen LogP contribution in [0.5, 0.6) is 0 Å². The Balaban J connectivity index is 2.18. The van der Waals surface area contributed by atoms with Gasteiger partial charge in [0.05, 0.1) is 12.1 Å². The molecule has 96 valence electrons. The zero-order chi connectivity index (χ0) is 12.3. The second-order valence-electron chi connectivity index (χ2n) is 4.81. The van der Waals surface area contributed by atoms with Crippen LogP contribution >= 0.6 is 11.3 Å². The molecular weight excluding hydrogens is 230 g/mol. The third-order valence-electron chi connectivity index (χ3n) is 3.43. The fourth-order valence-corrected chi connectivity index (χ4v) is 3.62. The summed E-state index contributed by atoms with van der Waals surface area (Å²) in [5.41, 5.74) is 1.45. The van der Waals surface area contributed by atoms with Crippen LogP contribution in [0.15, 0.2) is 6.07 Å². The number of hydrogen-bond donors (Lipinski definition) is 1. The maximum atomic E-state index is 5.95. The van der Waals surface area contributed by atoms with Crippen LogP contribution in [0.1, 0.15) is 47.5 Å². The smallest absolute Gasteiger partial charge is 0.0770 e. The van der Waals surface area contributed by atoms with E-state index in [1.165, 1.54) is 34.6 Å². The third kappa shape index (κ3) is 3.09. The second-order valence-corrected chi connectivity index (χ2v) is 6.27. The van der Waals surface area contributed by atoms with Crippen molar-refractivity contribution in [2.75, 3.05) is 13.2 Å². The molecule has 2 atom stereocenters. The highest BCUT2D eigenvalue weighted by molar-refractivity contribution is 7.12. The van der Waals surface area contributed by atoms with Crippen LogP contribution in [0.4, 0.5) is 0 Å². The highest BCUT2D eigenvalue weighted by atomic mass is 32.1. The summed E-state index contributed by atoms with van der Waals surface area (Å²) in [5.74, 6) is 0. The van der Waals surface area contributed by atoms with Crippen molar-refractivity contribution in [2.45, 2.75) is 52.2 Å². The predicted molar refractivity (Wildman–Crippen MR) is 73.8 cm³/mol. The van der Waals surface area contributed by atoms with Gasteiger partial charge in [0.1, 0.15) is 0 Å². The minimum atomic E-state index is 0.358. The van der Waals surface area contributed by atoms with Gasteiger partial charge in [-0.2, -0.15) is 0 Å². The van der Waals surface area contributed by atoms with Crippen molar-refractivity contribution in [3.63, 3.8) is 0 Å². The lowest BCUT2D eigenvalue weighted by Gasteiger charge is -2.31. The SMILES string of the molecule is CCNC(c1cc(C)sc1C)C1CCCCO1. The fourth-order valence-electron chi connectivity index (χ4n) is 2.65. The van der Waals surface area contributed by atoms with Crippen LogP contribution in [0.3, 0.4) is 0 Å². The molecule has 1 aliphatic heterocycles. The Labute approximate surface area is 108 Å². The van der Waals surface area contributed by atoms with Gasteiger partial charge in [0, 0.05) is 16.4 Å². The van der Waals surface area contributed by atoms with Gasteiger partial charge >= 0.3 is 0 Å². The lowest BCUT2D eigenvalue weighted by atomic mass is 9.96. The van der Waals surface area contributed by atoms with Gasteiger partial charge in [-0.05, 0) is 51.3 Å². The van der Waals surface area contributed by atoms with E-state index < -0.39 is 0 Å². The highest BCUT2D eigenvalue weighted by Gasteiger charge is 2.27. The molecule has 1 aromatic heterocycles. The molecule has 1 aromatic rings. The van der Waals surface area contributed by atoms with E-state index >= 15 is 0 Å². The molecule has 0 spiro atoms. The molecule has 17 heavy (non-hydrogen) atoms. The van der Waals surface area contributed by atoms with Crippen molar-refractivity contribution >= 4 is 11.3 Å². The Kier molecular flexibility index (Phi) is 4.60. The van der Waals surface area contributed by atoms with Crippen molar-refractivity contribution in [1.29, 1.82) is 0 Å². The normalized spacial score (nSPS) is 22.6. The molecule has 2 rings (SSSR count). The Morgan fingerprint density at radius 1 is 1.47 bits per heavy atom. The lowest BCUT2D eigenvalue weighted by molar-refractivity contribution is -0.00789. The van der Waals surface area contributed by atoms with Gasteiger partial charge in [-0.1, -0.05) is 6.92 Å². The van der Waals surface area contributed by atoms with Crippen molar-refractivity contribution in [2.24, 2.45) is 0 Å². The topological polar surface area (TPSA) is 21.3 Å². The molecule has 1 fully saturated rings. The van der Waals surface area contributed by atoms with E-state index in [0.717, 1.165) is 13.2 Å². The van der Waals surface area contributed by atoms with Gasteiger partial charge in [0.2, 0.25) is 0 Å². The molecule has 2 heterocycles. The van der Waals surface area contributed by atoms with E-state index in [9.17, 15) is 0 Å². The van der Waals surface area contributed by atoms with Crippen molar-refractivity contribution in [3.05, 3.63) is 21.4 Å². The number of hydrogen-bond acceptors (Lipinski definition) is 3. The number of aryl methyl sites for hydroxylation is 2. The van der Waals surface area contributed by atoms with Gasteiger partial charge < -0.3 is 10.1 Å². The molecule has 0 amide bonds. The molecule has 0 saturated carbocycles. The van der Waals surface area contributed by atoms with Crippen LogP contribution < -0.4 is 5.32 Å². The van der Waals surface area contributed by atoms with Gasteiger partial charge in [-0.15, -0.1) is 11.3 Å². The predicted octanol–water partition coefficient (Wildman–Crippen LogP) is 3.58. The van der Waals surface area contributed by atoms with Gasteiger partial charge in [0.15, 0.2) is 0 Å². The van der Waals surface area contributed by atoms with E-state index in [1.54, 1.807) is 0 Å². The van der Waals surface area contributed by atoms with E-state index in [0.29, 0.717) is 12.1 Å². The fraction of sp³-hybridized carbons (Fsp3) is 0.714. The molecule has 0 aromatic carbocycles. The Morgan fingerprint density at radius 3 is 2.82 bits per heavy atom. The summed E-state index contributed by atoms with van der Waals surface area (Å²) < 4.78 is 5.95. The number of likely N-dealkylation sites (N-methyl/N-ethyl adjacent to an activating group) is 1. The van der Waals surface area contributed by atoms with Crippen molar-refractivity contribution in [3.8, 4) is 0 Å². The van der Waals surface area contributed by atoms with Crippen molar-refractivity contribution < 1.29 is 4.74 Å². The summed E-state index contributed by atoms with van der Waals surface area (Å²) in [6, 6.07) is 2.70. The monoisotopic (exact) mass is 253 g/mol. The van der Waals surface area contributed by atoms with Crippen LogP contribution in [0.25, 0.3) is 0 Å². The molecule has 0 bridgehead atoms. The van der Waals surface area contributed by atoms with E-state index in [4.69, 9.17) is 4.74 Å². The number of rotatable bonds is 4. The first kappa shape index (κ1) is 13.1. The summed E-state index contributed by atoms with van der Waals surface area (Å²) in [6.45, 7) is 8.50. The first-order chi connectivity index (χ1) is 8.22. The average molecular weight is 253 g/mol. The van der Waals surface area contributed by atoms with E-state index in [2.05, 4.69) is 32.2 Å². The molecule has 1 saturated heterocycles. The van der Waals surface area contributed by atoms with Gasteiger partial charge in [-0.3, -0.25) is 0 Å². The molecule has 3 heteroatoms. The molecule has 2 unspecified atom stereocenters. The largest absolute Gasteiger partial charge is 0.376 e. The standard InChI is InChI=1S/C14H23NOS/c1-4-15-14(13-7-5-6-8-16-13)12-9-10(2)17-11(12)3/h9,13-15H,4-8H2,1-3H3. The van der Waals surface area contributed by atoms with E-state index in [1.807, 2.05) is 11.3 Å². The molecule has 0 radical (unpaired) electrons. The summed E-state index contributed by atoms with van der Waals surface area (Å²) in [7, 11) is 0. The average Bonchev–Trinajstić information content (AvgIpc) is 2.66. The second kappa shape index (κ2) is 5.98. The molecular formula is C14H23NOS. The maximum absolute atomic E-state index is 5.95. The number of ether oxygens (including phenoxy) is 1. The van der Waals surface area contributed by atoms with Crippen LogP contribution in [-0.2, 0) is 4.74 Å². The van der Waals surface area contributed by atoms with Crippen molar-refractivity contribution in [1.82, 2.24) is 5.32 Å². The van der Waals surface area contributed by atoms with Crippen LogP contribution in [0, 0.1) is 13.8 Å². The molecule has 0 aliphatic carbocycles. The van der Waals surface area contributed by atoms with Crippen LogP contribution in [0.2, 0.25) is 0 Å². The quantitative estimate of drug-likeness (QED) is 0.885.